The third-order valence-corrected chi connectivity index (χ3v) is 6.00. The van der Waals surface area contributed by atoms with Crippen LogP contribution in [0.2, 0.25) is 12.1 Å². The van der Waals surface area contributed by atoms with Crippen molar-refractivity contribution in [3.05, 3.63) is 0 Å². The van der Waals surface area contributed by atoms with Crippen LogP contribution in [0.25, 0.3) is 0 Å². The van der Waals surface area contributed by atoms with Gasteiger partial charge in [0.15, 0.2) is 0 Å². The van der Waals surface area contributed by atoms with Crippen LogP contribution in [0.5, 0.6) is 0 Å². The molecule has 0 aliphatic carbocycles. The molecule has 0 fully saturated rings. The van der Waals surface area contributed by atoms with Crippen molar-refractivity contribution in [1.29, 1.82) is 0 Å². The van der Waals surface area contributed by atoms with Gasteiger partial charge in [-0.2, -0.15) is 11.1 Å². The third-order valence-electron chi connectivity index (χ3n) is 2.33. The Bertz CT molecular complexity index is 125. The van der Waals surface area contributed by atoms with Gasteiger partial charge in [-0.25, -0.2) is 0 Å². The summed E-state index contributed by atoms with van der Waals surface area (Å²) < 4.78 is 0. The van der Waals surface area contributed by atoms with Gasteiger partial charge in [0.25, 0.3) is 0 Å². The molecule has 0 radical (unpaired) electrons. The molecule has 0 rings (SSSR count). The average molecular weight is 207 g/mol. The quantitative estimate of drug-likeness (QED) is 0.449. The predicted octanol–water partition coefficient (Wildman–Crippen LogP) is 4.04. The molecule has 1 unspecified atom stereocenters. The van der Waals surface area contributed by atoms with Gasteiger partial charge in [0.1, 0.15) is 8.11 Å². The first-order valence-corrected chi connectivity index (χ1v) is 8.27. The first-order valence-electron chi connectivity index (χ1n) is 4.71. The van der Waals surface area contributed by atoms with Gasteiger partial charge in [-0.05, 0) is 16.4 Å². The summed E-state index contributed by atoms with van der Waals surface area (Å²) in [5.74, 6) is 0. The lowest BCUT2D eigenvalue weighted by molar-refractivity contribution is 0.231. The smallest absolute Gasteiger partial charge is 0.142 e. The van der Waals surface area contributed by atoms with Gasteiger partial charge < -0.3 is 0 Å². The first-order chi connectivity index (χ1) is 5.07. The molecular weight excluding hydrogens is 184 g/mol. The van der Waals surface area contributed by atoms with E-state index in [4.69, 9.17) is 11.1 Å². The predicted molar refractivity (Wildman–Crippen MR) is 61.5 cm³/mol. The van der Waals surface area contributed by atoms with Crippen LogP contribution < -0.4 is 0 Å². The SMILES string of the molecule is C[SiH](Cl)C(C(C)(C)C)C(C)(C)C. The van der Waals surface area contributed by atoms with Crippen LogP contribution in [-0.2, 0) is 0 Å². The van der Waals surface area contributed by atoms with E-state index in [9.17, 15) is 0 Å². The van der Waals surface area contributed by atoms with E-state index in [-0.39, 0.29) is 0 Å². The van der Waals surface area contributed by atoms with E-state index in [1.807, 2.05) is 0 Å². The van der Waals surface area contributed by atoms with Crippen LogP contribution >= 0.6 is 11.1 Å². The maximum absolute atomic E-state index is 6.35. The Morgan fingerprint density at radius 1 is 0.917 bits per heavy atom. The third kappa shape index (κ3) is 3.49. The van der Waals surface area contributed by atoms with Crippen LogP contribution in [0.1, 0.15) is 41.5 Å². The van der Waals surface area contributed by atoms with Gasteiger partial charge in [0.05, 0.1) is 0 Å². The van der Waals surface area contributed by atoms with E-state index < -0.39 is 8.11 Å². The van der Waals surface area contributed by atoms with E-state index in [0.29, 0.717) is 16.4 Å². The molecule has 0 aliphatic rings. The molecule has 0 heterocycles. The molecule has 0 aliphatic heterocycles. The fourth-order valence-electron chi connectivity index (χ4n) is 2.68. The lowest BCUT2D eigenvalue weighted by Crippen LogP contribution is -2.34. The molecule has 0 bridgehead atoms. The molecule has 74 valence electrons. The maximum atomic E-state index is 6.35. The van der Waals surface area contributed by atoms with Gasteiger partial charge in [-0.1, -0.05) is 48.1 Å². The summed E-state index contributed by atoms with van der Waals surface area (Å²) in [4.78, 5) is 0. The first kappa shape index (κ1) is 12.5. The highest BCUT2D eigenvalue weighted by molar-refractivity contribution is 7.07. The van der Waals surface area contributed by atoms with Crippen LogP contribution in [0, 0.1) is 10.8 Å². The molecule has 0 N–H and O–H groups in total. The Balaban J connectivity index is 4.70. The summed E-state index contributed by atoms with van der Waals surface area (Å²) in [5, 5.41) is 0. The lowest BCUT2D eigenvalue weighted by atomic mass is 9.77. The Hall–Kier alpha value is 0.507. The van der Waals surface area contributed by atoms with Crippen molar-refractivity contribution in [3.63, 3.8) is 0 Å². The second-order valence-corrected chi connectivity index (χ2v) is 9.97. The zero-order valence-corrected chi connectivity index (χ0v) is 11.4. The van der Waals surface area contributed by atoms with Crippen molar-refractivity contribution in [1.82, 2.24) is 0 Å². The van der Waals surface area contributed by atoms with Crippen LogP contribution in [0.3, 0.4) is 0 Å². The summed E-state index contributed by atoms with van der Waals surface area (Å²) in [6.07, 6.45) is 0. The molecular formula is C10H23ClSi. The van der Waals surface area contributed by atoms with E-state index in [0.717, 1.165) is 0 Å². The fourth-order valence-corrected chi connectivity index (χ4v) is 7.70. The van der Waals surface area contributed by atoms with Gasteiger partial charge in [0, 0.05) is 0 Å². The van der Waals surface area contributed by atoms with Gasteiger partial charge in [-0.15, -0.1) is 0 Å². The molecule has 0 saturated heterocycles. The number of hydrogen-bond acceptors (Lipinski definition) is 0. The summed E-state index contributed by atoms with van der Waals surface area (Å²) >= 11 is 6.35. The summed E-state index contributed by atoms with van der Waals surface area (Å²) in [7, 11) is -1.06. The van der Waals surface area contributed by atoms with Crippen molar-refractivity contribution >= 4 is 19.2 Å². The van der Waals surface area contributed by atoms with Crippen LogP contribution in [0.4, 0.5) is 0 Å². The minimum Gasteiger partial charge on any atom is -0.172 e. The van der Waals surface area contributed by atoms with Crippen molar-refractivity contribution < 1.29 is 0 Å². The minimum atomic E-state index is -1.06. The molecule has 0 nitrogen and oxygen atoms in total. The Labute approximate surface area is 84.0 Å². The largest absolute Gasteiger partial charge is 0.172 e. The van der Waals surface area contributed by atoms with E-state index in [1.54, 1.807) is 0 Å². The van der Waals surface area contributed by atoms with Crippen molar-refractivity contribution in [2.24, 2.45) is 10.8 Å². The molecule has 0 aromatic carbocycles. The molecule has 0 aromatic heterocycles. The normalized spacial score (nSPS) is 16.8. The highest BCUT2D eigenvalue weighted by atomic mass is 35.6. The maximum Gasteiger partial charge on any atom is 0.142 e. The molecule has 0 amide bonds. The van der Waals surface area contributed by atoms with E-state index >= 15 is 0 Å². The molecule has 0 aromatic rings. The van der Waals surface area contributed by atoms with E-state index in [2.05, 4.69) is 48.1 Å². The molecule has 0 saturated carbocycles. The average Bonchev–Trinajstić information content (AvgIpc) is 1.49. The minimum absolute atomic E-state index is 0.353. The second kappa shape index (κ2) is 3.71. The number of halogens is 1. The monoisotopic (exact) mass is 206 g/mol. The van der Waals surface area contributed by atoms with Gasteiger partial charge in [0.2, 0.25) is 0 Å². The molecule has 1 atom stereocenters. The second-order valence-electron chi connectivity index (χ2n) is 5.89. The summed E-state index contributed by atoms with van der Waals surface area (Å²) in [6, 6.07) is 0. The Morgan fingerprint density at radius 2 is 1.17 bits per heavy atom. The summed E-state index contributed by atoms with van der Waals surface area (Å²) in [6.45, 7) is 16.0. The lowest BCUT2D eigenvalue weighted by Gasteiger charge is -2.42. The standard InChI is InChI=1S/C10H23ClSi/c1-9(2,3)8(12(7)11)10(4,5)6/h8,12H,1-7H3. The highest BCUT2D eigenvalue weighted by Crippen LogP contribution is 2.47. The Morgan fingerprint density at radius 3 is 1.17 bits per heavy atom. The molecule has 0 spiro atoms. The zero-order chi connectivity index (χ0) is 10.2. The summed E-state index contributed by atoms with van der Waals surface area (Å²) in [5.41, 5.74) is 1.39. The van der Waals surface area contributed by atoms with Gasteiger partial charge >= 0.3 is 0 Å². The molecule has 12 heavy (non-hydrogen) atoms. The van der Waals surface area contributed by atoms with Crippen molar-refractivity contribution in [3.8, 4) is 0 Å². The van der Waals surface area contributed by atoms with Crippen molar-refractivity contribution in [2.45, 2.75) is 53.6 Å². The molecule has 2 heteroatoms. The van der Waals surface area contributed by atoms with Crippen LogP contribution in [-0.4, -0.2) is 8.11 Å². The fraction of sp³-hybridized carbons (Fsp3) is 1.00. The van der Waals surface area contributed by atoms with E-state index in [1.165, 1.54) is 0 Å². The number of hydrogen-bond donors (Lipinski definition) is 0. The van der Waals surface area contributed by atoms with Gasteiger partial charge in [-0.3, -0.25) is 0 Å². The zero-order valence-electron chi connectivity index (χ0n) is 9.53. The highest BCUT2D eigenvalue weighted by Gasteiger charge is 2.38. The van der Waals surface area contributed by atoms with Crippen molar-refractivity contribution in [2.75, 3.05) is 0 Å². The van der Waals surface area contributed by atoms with Crippen LogP contribution in [0.15, 0.2) is 0 Å². The topological polar surface area (TPSA) is 0 Å². The Kier molecular flexibility index (Phi) is 3.87. The number of rotatable bonds is 1.